The van der Waals surface area contributed by atoms with Crippen LogP contribution < -0.4 is 5.32 Å². The summed E-state index contributed by atoms with van der Waals surface area (Å²) in [5, 5.41) is 11.4. The number of nitrogens with one attached hydrogen (secondary N) is 1. The molecule has 0 spiro atoms. The van der Waals surface area contributed by atoms with Gasteiger partial charge in [0.2, 0.25) is 5.91 Å². The van der Waals surface area contributed by atoms with Crippen molar-refractivity contribution < 1.29 is 4.79 Å². The van der Waals surface area contributed by atoms with E-state index < -0.39 is 0 Å². The van der Waals surface area contributed by atoms with Crippen molar-refractivity contribution in [2.75, 3.05) is 6.54 Å². The van der Waals surface area contributed by atoms with Gasteiger partial charge in [0.05, 0.1) is 5.69 Å². The molecule has 1 N–H and O–H groups in total. The first-order valence-corrected chi connectivity index (χ1v) is 6.90. The fraction of sp³-hybridized carbons (Fsp3) is 0.500. The Kier molecular flexibility index (Phi) is 4.92. The second-order valence-corrected chi connectivity index (χ2v) is 4.87. The van der Waals surface area contributed by atoms with Crippen molar-refractivity contribution >= 4 is 5.91 Å². The summed E-state index contributed by atoms with van der Waals surface area (Å²) >= 11 is 0. The van der Waals surface area contributed by atoms with Gasteiger partial charge in [-0.05, 0) is 32.4 Å². The van der Waals surface area contributed by atoms with Gasteiger partial charge in [0, 0.05) is 44.1 Å². The molecule has 2 aromatic heterocycles. The van der Waals surface area contributed by atoms with Crippen LogP contribution >= 0.6 is 0 Å². The topological polar surface area (TPSA) is 64.7 Å². The second-order valence-electron chi connectivity index (χ2n) is 4.87. The van der Waals surface area contributed by atoms with Crippen molar-refractivity contribution in [3.63, 3.8) is 0 Å². The summed E-state index contributed by atoms with van der Waals surface area (Å²) in [5.74, 6) is 0.0651. The molecule has 6 nitrogen and oxygen atoms in total. The summed E-state index contributed by atoms with van der Waals surface area (Å²) in [6.45, 7) is 6.09. The zero-order chi connectivity index (χ0) is 14.4. The van der Waals surface area contributed by atoms with Crippen LogP contribution in [0.1, 0.15) is 24.2 Å². The third kappa shape index (κ3) is 4.22. The van der Waals surface area contributed by atoms with E-state index in [-0.39, 0.29) is 5.91 Å². The summed E-state index contributed by atoms with van der Waals surface area (Å²) in [5.41, 5.74) is 2.12. The van der Waals surface area contributed by atoms with Crippen molar-refractivity contribution in [2.45, 2.75) is 39.8 Å². The third-order valence-corrected chi connectivity index (χ3v) is 3.14. The van der Waals surface area contributed by atoms with E-state index in [1.54, 1.807) is 10.9 Å². The van der Waals surface area contributed by atoms with Crippen molar-refractivity contribution in [1.82, 2.24) is 24.9 Å². The van der Waals surface area contributed by atoms with Gasteiger partial charge in [0.15, 0.2) is 0 Å². The summed E-state index contributed by atoms with van der Waals surface area (Å²) in [7, 11) is 0. The molecule has 20 heavy (non-hydrogen) atoms. The molecule has 2 rings (SSSR count). The van der Waals surface area contributed by atoms with Crippen LogP contribution in [0.3, 0.4) is 0 Å². The summed E-state index contributed by atoms with van der Waals surface area (Å²) in [6.07, 6.45) is 5.03. The fourth-order valence-corrected chi connectivity index (χ4v) is 1.98. The second kappa shape index (κ2) is 6.88. The van der Waals surface area contributed by atoms with E-state index in [0.29, 0.717) is 19.5 Å². The highest BCUT2D eigenvalue weighted by Gasteiger charge is 2.02. The van der Waals surface area contributed by atoms with Crippen LogP contribution in [-0.4, -0.2) is 32.0 Å². The third-order valence-electron chi connectivity index (χ3n) is 3.14. The normalized spacial score (nSPS) is 10.7. The van der Waals surface area contributed by atoms with Gasteiger partial charge in [-0.2, -0.15) is 10.2 Å². The number of aromatic nitrogens is 4. The summed E-state index contributed by atoms with van der Waals surface area (Å²) < 4.78 is 3.74. The minimum atomic E-state index is 0.0651. The zero-order valence-electron chi connectivity index (χ0n) is 12.0. The van der Waals surface area contributed by atoms with Gasteiger partial charge in [0.25, 0.3) is 0 Å². The van der Waals surface area contributed by atoms with Crippen LogP contribution in [0.15, 0.2) is 24.5 Å². The molecular formula is C14H21N5O. The molecule has 0 aliphatic rings. The molecule has 0 radical (unpaired) electrons. The first kappa shape index (κ1) is 14.3. The van der Waals surface area contributed by atoms with Crippen LogP contribution in [0, 0.1) is 13.8 Å². The predicted octanol–water partition coefficient (Wildman–Crippen LogP) is 1.29. The molecule has 108 valence electrons. The minimum Gasteiger partial charge on any atom is -0.356 e. The Morgan fingerprint density at radius 3 is 2.80 bits per heavy atom. The maximum absolute atomic E-state index is 11.7. The lowest BCUT2D eigenvalue weighted by atomic mass is 10.3. The standard InChI is InChI=1S/C14H21N5O/c1-12-5-10-18(17-12)11-6-14(20)15-7-3-9-19-13(2)4-8-16-19/h4-5,8,10H,3,6-7,9,11H2,1-2H3,(H,15,20). The molecule has 6 heteroatoms. The molecule has 0 saturated heterocycles. The summed E-state index contributed by atoms with van der Waals surface area (Å²) in [4.78, 5) is 11.7. The minimum absolute atomic E-state index is 0.0651. The Bertz CT molecular complexity index is 557. The lowest BCUT2D eigenvalue weighted by molar-refractivity contribution is -0.121. The Balaban J connectivity index is 1.59. The van der Waals surface area contributed by atoms with Crippen molar-refractivity contribution in [3.05, 3.63) is 35.9 Å². The number of aryl methyl sites for hydroxylation is 4. The molecule has 0 bridgehead atoms. The molecule has 1 amide bonds. The Hall–Kier alpha value is -2.11. The first-order chi connectivity index (χ1) is 9.65. The van der Waals surface area contributed by atoms with Gasteiger partial charge in [-0.15, -0.1) is 0 Å². The van der Waals surface area contributed by atoms with Gasteiger partial charge in [-0.1, -0.05) is 0 Å². The number of amides is 1. The number of hydrogen-bond acceptors (Lipinski definition) is 3. The van der Waals surface area contributed by atoms with Crippen LogP contribution in [0.2, 0.25) is 0 Å². The Morgan fingerprint density at radius 2 is 2.15 bits per heavy atom. The molecule has 2 heterocycles. The first-order valence-electron chi connectivity index (χ1n) is 6.90. The van der Waals surface area contributed by atoms with Crippen molar-refractivity contribution in [3.8, 4) is 0 Å². The lowest BCUT2D eigenvalue weighted by Gasteiger charge is -2.07. The van der Waals surface area contributed by atoms with E-state index >= 15 is 0 Å². The quantitative estimate of drug-likeness (QED) is 0.774. The maximum Gasteiger partial charge on any atom is 0.221 e. The number of nitrogens with zero attached hydrogens (tertiary/aromatic N) is 4. The fourth-order valence-electron chi connectivity index (χ4n) is 1.98. The smallest absolute Gasteiger partial charge is 0.221 e. The molecule has 2 aromatic rings. The van der Waals surface area contributed by atoms with E-state index in [2.05, 4.69) is 15.5 Å². The molecule has 0 aliphatic carbocycles. The average Bonchev–Trinajstić information content (AvgIpc) is 3.01. The summed E-state index contributed by atoms with van der Waals surface area (Å²) in [6, 6.07) is 3.91. The van der Waals surface area contributed by atoms with E-state index in [1.165, 1.54) is 0 Å². The van der Waals surface area contributed by atoms with Gasteiger partial charge in [0.1, 0.15) is 0 Å². The molecule has 0 aromatic carbocycles. The lowest BCUT2D eigenvalue weighted by Crippen LogP contribution is -2.26. The van der Waals surface area contributed by atoms with E-state index in [0.717, 1.165) is 24.4 Å². The zero-order valence-corrected chi connectivity index (χ0v) is 12.0. The number of carbonyl (C=O) groups is 1. The van der Waals surface area contributed by atoms with Gasteiger partial charge >= 0.3 is 0 Å². The van der Waals surface area contributed by atoms with E-state index in [9.17, 15) is 4.79 Å². The molecular weight excluding hydrogens is 254 g/mol. The SMILES string of the molecule is Cc1ccn(CCC(=O)NCCCn2nccc2C)n1. The molecule has 0 aliphatic heterocycles. The Morgan fingerprint density at radius 1 is 1.30 bits per heavy atom. The average molecular weight is 275 g/mol. The predicted molar refractivity (Wildman–Crippen MR) is 76.2 cm³/mol. The highest BCUT2D eigenvalue weighted by Crippen LogP contribution is 1.97. The van der Waals surface area contributed by atoms with Gasteiger partial charge in [-0.3, -0.25) is 14.2 Å². The molecule has 0 atom stereocenters. The monoisotopic (exact) mass is 275 g/mol. The molecule has 0 unspecified atom stereocenters. The Labute approximate surface area is 118 Å². The molecule has 0 saturated carbocycles. The van der Waals surface area contributed by atoms with E-state index in [4.69, 9.17) is 0 Å². The van der Waals surface area contributed by atoms with Crippen LogP contribution in [0.5, 0.6) is 0 Å². The van der Waals surface area contributed by atoms with Crippen molar-refractivity contribution in [1.29, 1.82) is 0 Å². The number of carbonyl (C=O) groups excluding carboxylic acids is 1. The van der Waals surface area contributed by atoms with Crippen LogP contribution in [0.25, 0.3) is 0 Å². The molecule has 0 fully saturated rings. The van der Waals surface area contributed by atoms with E-state index in [1.807, 2.05) is 36.9 Å². The van der Waals surface area contributed by atoms with Gasteiger partial charge in [-0.25, -0.2) is 0 Å². The highest BCUT2D eigenvalue weighted by atomic mass is 16.1. The van der Waals surface area contributed by atoms with Crippen LogP contribution in [0.4, 0.5) is 0 Å². The van der Waals surface area contributed by atoms with Crippen molar-refractivity contribution in [2.24, 2.45) is 0 Å². The number of rotatable bonds is 7. The number of hydrogen-bond donors (Lipinski definition) is 1. The highest BCUT2D eigenvalue weighted by molar-refractivity contribution is 5.75. The largest absolute Gasteiger partial charge is 0.356 e. The van der Waals surface area contributed by atoms with Gasteiger partial charge < -0.3 is 5.32 Å². The van der Waals surface area contributed by atoms with Crippen LogP contribution in [-0.2, 0) is 17.9 Å². The maximum atomic E-state index is 11.7.